The molecule has 15 nitrogen and oxygen atoms in total. The molecule has 7 fully saturated rings. The summed E-state index contributed by atoms with van der Waals surface area (Å²) in [4.78, 5) is 66.4. The zero-order chi connectivity index (χ0) is 36.8. The van der Waals surface area contributed by atoms with Crippen molar-refractivity contribution >= 4 is 29.8 Å². The van der Waals surface area contributed by atoms with Gasteiger partial charge in [0.2, 0.25) is 0 Å². The van der Waals surface area contributed by atoms with Gasteiger partial charge in [-0.05, 0) is 31.2 Å². The molecule has 13 unspecified atom stereocenters. The maximum Gasteiger partial charge on any atom is 0.306 e. The standard InChI is InChI=1S/C36H44O15/c1-8-23(39)48-28-35(42)27(47-19(3)38)30(5)16-34(35)32(17-45-25(41)13-21(30)32)33-11-10-29(4,26(46-18(2)37)20-9-12-44-15-20)22(14-24(40)43-7)36(28,33)51-31(6,49-33)50-34/h9,12,15,21-22,26-28,42H,8,10-11,13-14,16-17H2,1-7H3. The molecule has 15 heteroatoms. The maximum atomic E-state index is 13.8. The predicted molar refractivity (Wildman–Crippen MR) is 165 cm³/mol. The van der Waals surface area contributed by atoms with Crippen molar-refractivity contribution in [2.45, 2.75) is 127 Å². The minimum atomic E-state index is -2.33. The second-order valence-electron chi connectivity index (χ2n) is 16.1. The van der Waals surface area contributed by atoms with Crippen LogP contribution >= 0.6 is 0 Å². The van der Waals surface area contributed by atoms with E-state index in [1.54, 1.807) is 19.9 Å². The number of fused-ring (bicyclic) bond motifs is 3. The van der Waals surface area contributed by atoms with E-state index in [0.29, 0.717) is 5.56 Å². The van der Waals surface area contributed by atoms with Gasteiger partial charge in [-0.25, -0.2) is 0 Å². The molecule has 0 amide bonds. The second-order valence-corrected chi connectivity index (χ2v) is 16.1. The van der Waals surface area contributed by atoms with Crippen LogP contribution < -0.4 is 0 Å². The van der Waals surface area contributed by atoms with E-state index in [1.165, 1.54) is 33.5 Å². The Morgan fingerprint density at radius 3 is 2.33 bits per heavy atom. The van der Waals surface area contributed by atoms with Gasteiger partial charge in [-0.3, -0.25) is 24.0 Å². The van der Waals surface area contributed by atoms with E-state index in [2.05, 4.69) is 0 Å². The van der Waals surface area contributed by atoms with Crippen LogP contribution in [-0.4, -0.2) is 89.3 Å². The molecule has 3 spiro atoms. The van der Waals surface area contributed by atoms with Crippen molar-refractivity contribution in [2.75, 3.05) is 13.7 Å². The van der Waals surface area contributed by atoms with Crippen LogP contribution in [0.4, 0.5) is 0 Å². The summed E-state index contributed by atoms with van der Waals surface area (Å²) in [5, 5.41) is 13.8. The Bertz CT molecular complexity index is 1730. The highest BCUT2D eigenvalue weighted by Gasteiger charge is 3.05. The number of carbonyl (C=O) groups excluding carboxylic acids is 5. The van der Waals surface area contributed by atoms with Gasteiger partial charge in [0.05, 0.1) is 31.5 Å². The number of furan rings is 1. The zero-order valence-corrected chi connectivity index (χ0v) is 29.7. The minimum Gasteiger partial charge on any atom is -0.472 e. The zero-order valence-electron chi connectivity index (χ0n) is 29.7. The topological polar surface area (TPSA) is 193 Å². The third kappa shape index (κ3) is 3.66. The fourth-order valence-electron chi connectivity index (χ4n) is 12.7. The fraction of sp³-hybridized carbons (Fsp3) is 0.750. The third-order valence-electron chi connectivity index (χ3n) is 13.9. The molecule has 4 saturated carbocycles. The summed E-state index contributed by atoms with van der Waals surface area (Å²) in [5.41, 5.74) is -10.8. The van der Waals surface area contributed by atoms with Crippen molar-refractivity contribution < 1.29 is 71.4 Å². The highest BCUT2D eigenvalue weighted by molar-refractivity contribution is 5.75. The molecular weight excluding hydrogens is 672 g/mol. The Morgan fingerprint density at radius 2 is 1.71 bits per heavy atom. The van der Waals surface area contributed by atoms with Crippen molar-refractivity contribution in [1.82, 2.24) is 0 Å². The Labute approximate surface area is 293 Å². The Morgan fingerprint density at radius 1 is 0.980 bits per heavy atom. The van der Waals surface area contributed by atoms with Crippen LogP contribution in [-0.2, 0) is 61.9 Å². The molecule has 278 valence electrons. The van der Waals surface area contributed by atoms with Crippen LogP contribution in [0.25, 0.3) is 0 Å². The lowest BCUT2D eigenvalue weighted by atomic mass is 9.33. The second kappa shape index (κ2) is 10.3. The molecule has 4 heterocycles. The normalized spacial score (nSPS) is 48.6. The van der Waals surface area contributed by atoms with E-state index in [1.807, 2.05) is 13.8 Å². The average molecular weight is 717 g/mol. The van der Waals surface area contributed by atoms with Gasteiger partial charge in [0.25, 0.3) is 5.97 Å². The lowest BCUT2D eigenvalue weighted by Gasteiger charge is -2.77. The largest absolute Gasteiger partial charge is 0.472 e. The first-order valence-electron chi connectivity index (χ1n) is 17.5. The Balaban J connectivity index is 1.49. The van der Waals surface area contributed by atoms with E-state index in [4.69, 9.17) is 42.3 Å². The lowest BCUT2D eigenvalue weighted by molar-refractivity contribution is -0.486. The van der Waals surface area contributed by atoms with Gasteiger partial charge in [0, 0.05) is 55.9 Å². The molecule has 0 radical (unpaired) electrons. The molecule has 3 aliphatic heterocycles. The highest BCUT2D eigenvalue weighted by Crippen LogP contribution is 2.90. The number of hydrogen-bond donors (Lipinski definition) is 1. The molecule has 7 aliphatic rings. The molecule has 8 rings (SSSR count). The molecule has 4 bridgehead atoms. The maximum absolute atomic E-state index is 13.8. The van der Waals surface area contributed by atoms with Gasteiger partial charge >= 0.3 is 29.8 Å². The van der Waals surface area contributed by atoms with E-state index >= 15 is 0 Å². The van der Waals surface area contributed by atoms with E-state index in [9.17, 15) is 29.1 Å². The summed E-state index contributed by atoms with van der Waals surface area (Å²) in [5.74, 6) is -6.85. The van der Waals surface area contributed by atoms with Crippen molar-refractivity contribution in [3.63, 3.8) is 0 Å². The quantitative estimate of drug-likeness (QED) is 0.305. The first kappa shape index (κ1) is 34.6. The van der Waals surface area contributed by atoms with Crippen LogP contribution in [0.2, 0.25) is 0 Å². The summed E-state index contributed by atoms with van der Waals surface area (Å²) in [6.07, 6.45) is -1.35. The molecule has 1 aromatic rings. The molecule has 1 N–H and O–H groups in total. The third-order valence-corrected chi connectivity index (χ3v) is 13.9. The van der Waals surface area contributed by atoms with E-state index in [-0.39, 0.29) is 45.1 Å². The number of carbonyl (C=O) groups is 5. The number of methoxy groups -OCH3 is 1. The van der Waals surface area contributed by atoms with Gasteiger partial charge < -0.3 is 47.4 Å². The first-order chi connectivity index (χ1) is 23.9. The summed E-state index contributed by atoms with van der Waals surface area (Å²) in [6, 6.07) is 1.65. The van der Waals surface area contributed by atoms with Gasteiger partial charge in [0.15, 0.2) is 11.7 Å². The van der Waals surface area contributed by atoms with Crippen molar-refractivity contribution in [3.05, 3.63) is 24.2 Å². The van der Waals surface area contributed by atoms with Crippen LogP contribution in [0.15, 0.2) is 23.0 Å². The summed E-state index contributed by atoms with van der Waals surface area (Å²) in [6.45, 7) is 9.07. The monoisotopic (exact) mass is 716 g/mol. The average Bonchev–Trinajstić information content (AvgIpc) is 3.77. The van der Waals surface area contributed by atoms with Gasteiger partial charge in [-0.15, -0.1) is 0 Å². The molecule has 13 atom stereocenters. The van der Waals surface area contributed by atoms with E-state index in [0.717, 1.165) is 0 Å². The number of esters is 5. The lowest BCUT2D eigenvalue weighted by Crippen LogP contribution is -2.95. The number of hydrogen-bond acceptors (Lipinski definition) is 15. The highest BCUT2D eigenvalue weighted by atomic mass is 16.9. The first-order valence-corrected chi connectivity index (χ1v) is 17.5. The predicted octanol–water partition coefficient (Wildman–Crippen LogP) is 2.80. The van der Waals surface area contributed by atoms with Crippen LogP contribution in [0, 0.1) is 28.1 Å². The SMILES string of the molecule is CCC(=O)OC1C2(O)C(OC(C)=O)C3(C)CC24OC2(C)OC15C(CC(=O)OC)C(C)(C(OC(C)=O)c1ccoc1)CCC5(O2)C41COC(=O)CC31. The van der Waals surface area contributed by atoms with Crippen molar-refractivity contribution in [2.24, 2.45) is 28.1 Å². The number of ether oxygens (including phenoxy) is 8. The molecule has 51 heavy (non-hydrogen) atoms. The van der Waals surface area contributed by atoms with Crippen molar-refractivity contribution in [1.29, 1.82) is 0 Å². The van der Waals surface area contributed by atoms with E-state index < -0.39 is 105 Å². The van der Waals surface area contributed by atoms with Crippen molar-refractivity contribution in [3.8, 4) is 0 Å². The molecule has 3 saturated heterocycles. The fourth-order valence-corrected chi connectivity index (χ4v) is 12.7. The van der Waals surface area contributed by atoms with Gasteiger partial charge in [0.1, 0.15) is 35.6 Å². The number of aliphatic hydroxyl groups is 1. The smallest absolute Gasteiger partial charge is 0.306 e. The number of rotatable bonds is 8. The summed E-state index contributed by atoms with van der Waals surface area (Å²) >= 11 is 0. The molecular formula is C36H44O15. The minimum absolute atomic E-state index is 0.0834. The van der Waals surface area contributed by atoms with Crippen LogP contribution in [0.1, 0.15) is 91.7 Å². The molecule has 0 aromatic carbocycles. The molecule has 4 aliphatic carbocycles. The molecule has 1 aromatic heterocycles. The Hall–Kier alpha value is -3.53. The van der Waals surface area contributed by atoms with Gasteiger partial charge in [-0.2, -0.15) is 0 Å². The summed E-state index contributed by atoms with van der Waals surface area (Å²) in [7, 11) is 1.23. The number of cyclic esters (lactones) is 1. The summed E-state index contributed by atoms with van der Waals surface area (Å²) < 4.78 is 56.5. The van der Waals surface area contributed by atoms with Crippen LogP contribution in [0.3, 0.4) is 0 Å². The Kier molecular flexibility index (Phi) is 6.99. The van der Waals surface area contributed by atoms with Gasteiger partial charge in [-0.1, -0.05) is 20.8 Å². The van der Waals surface area contributed by atoms with Crippen LogP contribution in [0.5, 0.6) is 0 Å².